The minimum atomic E-state index is -0.453. The number of fused-ring (bicyclic) bond motifs is 1. The summed E-state index contributed by atoms with van der Waals surface area (Å²) in [6.07, 6.45) is 2.21. The number of hydrogen-bond donors (Lipinski definition) is 0. The second-order valence-electron chi connectivity index (χ2n) is 7.42. The summed E-state index contributed by atoms with van der Waals surface area (Å²) in [6, 6.07) is 10.6. The number of esters is 1. The molecular weight excluding hydrogens is 372 g/mol. The van der Waals surface area contributed by atoms with Gasteiger partial charge in [0.25, 0.3) is 5.91 Å². The molecule has 2 amide bonds. The first kappa shape index (κ1) is 19.2. The van der Waals surface area contributed by atoms with E-state index < -0.39 is 5.92 Å². The number of piperazine rings is 1. The monoisotopic (exact) mass is 396 g/mol. The van der Waals surface area contributed by atoms with Crippen molar-refractivity contribution in [2.75, 3.05) is 20.2 Å². The Morgan fingerprint density at radius 2 is 1.97 bits per heavy atom. The molecule has 0 saturated carbocycles. The van der Waals surface area contributed by atoms with Gasteiger partial charge in [-0.05, 0) is 25.0 Å². The number of aromatic nitrogens is 2. The number of hydrogen-bond acceptors (Lipinski definition) is 5. The molecule has 2 saturated heterocycles. The lowest BCUT2D eigenvalue weighted by atomic mass is 9.93. The fourth-order valence-electron chi connectivity index (χ4n) is 4.43. The lowest BCUT2D eigenvalue weighted by Crippen LogP contribution is -2.56. The number of ether oxygens (including phenoxy) is 1. The average Bonchev–Trinajstić information content (AvgIpc) is 3.38. The van der Waals surface area contributed by atoms with Gasteiger partial charge in [-0.1, -0.05) is 30.3 Å². The molecule has 0 radical (unpaired) electrons. The van der Waals surface area contributed by atoms with Gasteiger partial charge in [-0.15, -0.1) is 0 Å². The smallest absolute Gasteiger partial charge is 0.311 e. The van der Waals surface area contributed by atoms with E-state index in [0.717, 1.165) is 5.56 Å². The summed E-state index contributed by atoms with van der Waals surface area (Å²) in [5.74, 6) is -1.21. The first-order chi connectivity index (χ1) is 14.0. The van der Waals surface area contributed by atoms with Crippen molar-refractivity contribution in [2.45, 2.75) is 32.0 Å². The van der Waals surface area contributed by atoms with Gasteiger partial charge in [-0.25, -0.2) is 0 Å². The Kier molecular flexibility index (Phi) is 5.08. The van der Waals surface area contributed by atoms with Crippen LogP contribution in [0.4, 0.5) is 0 Å². The molecule has 2 aliphatic heterocycles. The summed E-state index contributed by atoms with van der Waals surface area (Å²) in [5.41, 5.74) is 1.23. The predicted octanol–water partition coefficient (Wildman–Crippen LogP) is 1.49. The molecule has 0 spiro atoms. The third-order valence-corrected chi connectivity index (χ3v) is 5.76. The molecule has 2 aromatic rings. The van der Waals surface area contributed by atoms with Crippen LogP contribution in [0.1, 0.15) is 35.4 Å². The summed E-state index contributed by atoms with van der Waals surface area (Å²) >= 11 is 0. The van der Waals surface area contributed by atoms with Gasteiger partial charge in [0.1, 0.15) is 12.2 Å². The molecule has 1 aromatic heterocycles. The third kappa shape index (κ3) is 3.39. The summed E-state index contributed by atoms with van der Waals surface area (Å²) in [7, 11) is 1.36. The van der Waals surface area contributed by atoms with E-state index in [2.05, 4.69) is 5.10 Å². The van der Waals surface area contributed by atoms with Crippen LogP contribution in [0.5, 0.6) is 0 Å². The van der Waals surface area contributed by atoms with Gasteiger partial charge >= 0.3 is 5.97 Å². The van der Waals surface area contributed by atoms with Crippen LogP contribution in [0, 0.1) is 5.92 Å². The van der Waals surface area contributed by atoms with E-state index in [9.17, 15) is 14.4 Å². The SMILES string of the molecule is CCn1ccc(C(=O)N2CC(=O)N3[C@@H](C[C@H](C(=O)OC)[C@@H]3c3ccccc3)C2)n1. The maximum atomic E-state index is 13.1. The van der Waals surface area contributed by atoms with E-state index in [4.69, 9.17) is 4.74 Å². The fourth-order valence-corrected chi connectivity index (χ4v) is 4.43. The Morgan fingerprint density at radius 1 is 1.21 bits per heavy atom. The Balaban J connectivity index is 1.60. The molecule has 152 valence electrons. The molecule has 8 heteroatoms. The van der Waals surface area contributed by atoms with E-state index in [1.807, 2.05) is 37.3 Å². The van der Waals surface area contributed by atoms with Crippen molar-refractivity contribution in [2.24, 2.45) is 5.92 Å². The van der Waals surface area contributed by atoms with Gasteiger partial charge < -0.3 is 14.5 Å². The van der Waals surface area contributed by atoms with Gasteiger partial charge in [0, 0.05) is 19.3 Å². The maximum Gasteiger partial charge on any atom is 0.311 e. The number of benzene rings is 1. The molecule has 0 bridgehead atoms. The van der Waals surface area contributed by atoms with Crippen molar-refractivity contribution in [3.63, 3.8) is 0 Å². The number of amides is 2. The zero-order valence-corrected chi connectivity index (χ0v) is 16.5. The highest BCUT2D eigenvalue weighted by molar-refractivity contribution is 5.96. The lowest BCUT2D eigenvalue weighted by Gasteiger charge is -2.39. The fraction of sp³-hybridized carbons (Fsp3) is 0.429. The van der Waals surface area contributed by atoms with Crippen molar-refractivity contribution >= 4 is 17.8 Å². The predicted molar refractivity (Wildman–Crippen MR) is 104 cm³/mol. The zero-order chi connectivity index (χ0) is 20.5. The topological polar surface area (TPSA) is 84.7 Å². The molecule has 29 heavy (non-hydrogen) atoms. The largest absolute Gasteiger partial charge is 0.469 e. The van der Waals surface area contributed by atoms with Crippen molar-refractivity contribution in [3.8, 4) is 0 Å². The van der Waals surface area contributed by atoms with E-state index in [-0.39, 0.29) is 36.4 Å². The first-order valence-corrected chi connectivity index (χ1v) is 9.80. The quantitative estimate of drug-likeness (QED) is 0.731. The summed E-state index contributed by atoms with van der Waals surface area (Å²) < 4.78 is 6.70. The number of methoxy groups -OCH3 is 1. The molecule has 2 aliphatic rings. The minimum absolute atomic E-state index is 0.0223. The van der Waals surface area contributed by atoms with Gasteiger partial charge in [-0.2, -0.15) is 5.10 Å². The number of nitrogens with zero attached hydrogens (tertiary/aromatic N) is 4. The van der Waals surface area contributed by atoms with Crippen molar-refractivity contribution in [1.82, 2.24) is 19.6 Å². The average molecular weight is 396 g/mol. The Morgan fingerprint density at radius 3 is 2.62 bits per heavy atom. The van der Waals surface area contributed by atoms with Crippen molar-refractivity contribution in [3.05, 3.63) is 53.9 Å². The lowest BCUT2D eigenvalue weighted by molar-refractivity contribution is -0.147. The Bertz CT molecular complexity index is 926. The molecule has 4 rings (SSSR count). The van der Waals surface area contributed by atoms with Crippen LogP contribution in [0.25, 0.3) is 0 Å². The highest BCUT2D eigenvalue weighted by Crippen LogP contribution is 2.43. The molecule has 2 fully saturated rings. The van der Waals surface area contributed by atoms with Crippen LogP contribution < -0.4 is 0 Å². The molecule has 8 nitrogen and oxygen atoms in total. The van der Waals surface area contributed by atoms with E-state index in [1.165, 1.54) is 12.0 Å². The second-order valence-corrected chi connectivity index (χ2v) is 7.42. The van der Waals surface area contributed by atoms with Crippen LogP contribution in [-0.4, -0.2) is 63.6 Å². The van der Waals surface area contributed by atoms with Gasteiger partial charge in [0.15, 0.2) is 0 Å². The number of carbonyl (C=O) groups excluding carboxylic acids is 3. The number of rotatable bonds is 4. The standard InChI is InChI=1S/C21H24N4O4/c1-3-24-10-9-17(22-24)20(27)23-12-15-11-16(21(28)29-2)19(25(15)18(26)13-23)14-7-5-4-6-8-14/h4-10,15-16,19H,3,11-13H2,1-2H3/t15-,16-,19-/m0/s1. The summed E-state index contributed by atoms with van der Waals surface area (Å²) in [5, 5.41) is 4.26. The van der Waals surface area contributed by atoms with Gasteiger partial charge in [0.2, 0.25) is 5.91 Å². The van der Waals surface area contributed by atoms with Crippen molar-refractivity contribution < 1.29 is 19.1 Å². The Labute approximate surface area is 169 Å². The molecular formula is C21H24N4O4. The van der Waals surface area contributed by atoms with Crippen LogP contribution in [0.3, 0.4) is 0 Å². The summed E-state index contributed by atoms with van der Waals surface area (Å²) in [4.78, 5) is 41.7. The number of carbonyl (C=O) groups is 3. The van der Waals surface area contributed by atoms with E-state index >= 15 is 0 Å². The minimum Gasteiger partial charge on any atom is -0.469 e. The number of aryl methyl sites for hydroxylation is 1. The highest BCUT2D eigenvalue weighted by atomic mass is 16.5. The van der Waals surface area contributed by atoms with Gasteiger partial charge in [0.05, 0.1) is 25.1 Å². The van der Waals surface area contributed by atoms with Crippen LogP contribution in [0.15, 0.2) is 42.6 Å². The summed E-state index contributed by atoms with van der Waals surface area (Å²) in [6.45, 7) is 2.97. The first-order valence-electron chi connectivity index (χ1n) is 9.80. The van der Waals surface area contributed by atoms with Crippen molar-refractivity contribution in [1.29, 1.82) is 0 Å². The highest BCUT2D eigenvalue weighted by Gasteiger charge is 2.51. The Hall–Kier alpha value is -3.16. The normalized spacial score (nSPS) is 23.8. The van der Waals surface area contributed by atoms with E-state index in [0.29, 0.717) is 25.2 Å². The van der Waals surface area contributed by atoms with Crippen LogP contribution in [-0.2, 0) is 20.9 Å². The zero-order valence-electron chi connectivity index (χ0n) is 16.5. The molecule has 3 atom stereocenters. The molecule has 1 aromatic carbocycles. The van der Waals surface area contributed by atoms with E-state index in [1.54, 1.807) is 21.8 Å². The molecule has 0 unspecified atom stereocenters. The van der Waals surface area contributed by atoms with Crippen LogP contribution in [0.2, 0.25) is 0 Å². The molecule has 0 aliphatic carbocycles. The molecule has 3 heterocycles. The second kappa shape index (κ2) is 7.69. The third-order valence-electron chi connectivity index (χ3n) is 5.76. The molecule has 0 N–H and O–H groups in total. The van der Waals surface area contributed by atoms with Crippen LogP contribution >= 0.6 is 0 Å². The maximum absolute atomic E-state index is 13.1. The van der Waals surface area contributed by atoms with Gasteiger partial charge in [-0.3, -0.25) is 19.1 Å².